The normalized spacial score (nSPS) is 10.5. The van der Waals surface area contributed by atoms with Crippen LogP contribution in [0.4, 0.5) is 0 Å². The van der Waals surface area contributed by atoms with E-state index in [1.54, 1.807) is 25.1 Å². The van der Waals surface area contributed by atoms with Crippen LogP contribution >= 0.6 is 12.2 Å². The van der Waals surface area contributed by atoms with Crippen LogP contribution in [-0.4, -0.2) is 11.0 Å². The van der Waals surface area contributed by atoms with Gasteiger partial charge in [-0.15, -0.1) is 0 Å². The average Bonchev–Trinajstić information content (AvgIpc) is 2.57. The minimum absolute atomic E-state index is 0.267. The van der Waals surface area contributed by atoms with Crippen LogP contribution in [-0.2, 0) is 4.79 Å². The van der Waals surface area contributed by atoms with E-state index < -0.39 is 0 Å². The highest BCUT2D eigenvalue weighted by Gasteiger charge is 2.04. The van der Waals surface area contributed by atoms with E-state index in [1.807, 2.05) is 0 Å². The van der Waals surface area contributed by atoms with Crippen molar-refractivity contribution >= 4 is 29.3 Å². The second-order valence-corrected chi connectivity index (χ2v) is 3.37. The number of carbonyl (C=O) groups excluding carboxylic acids is 1. The van der Waals surface area contributed by atoms with Gasteiger partial charge in [-0.2, -0.15) is 0 Å². The van der Waals surface area contributed by atoms with E-state index in [0.717, 1.165) is 5.52 Å². The number of carbonyl (C=O) groups is 1. The lowest BCUT2D eigenvalue weighted by Gasteiger charge is -2.00. The van der Waals surface area contributed by atoms with Crippen molar-refractivity contribution in [1.82, 2.24) is 4.98 Å². The fourth-order valence-electron chi connectivity index (χ4n) is 1.20. The van der Waals surface area contributed by atoms with Crippen molar-refractivity contribution in [3.8, 4) is 5.75 Å². The van der Waals surface area contributed by atoms with Gasteiger partial charge in [0.05, 0.1) is 5.52 Å². The Labute approximate surface area is 90.9 Å². The summed E-state index contributed by atoms with van der Waals surface area (Å²) in [5.74, 6) is 0.220. The second kappa shape index (κ2) is 3.86. The molecular weight excluding hydrogens is 214 g/mol. The third kappa shape index (κ3) is 2.07. The maximum absolute atomic E-state index is 11.0. The molecule has 0 unspecified atom stereocenters. The molecule has 0 bridgehead atoms. The van der Waals surface area contributed by atoms with Crippen LogP contribution in [0, 0.1) is 4.84 Å². The number of oxazole rings is 1. The zero-order valence-electron chi connectivity index (χ0n) is 8.07. The summed E-state index contributed by atoms with van der Waals surface area (Å²) >= 11 is 4.84. The first kappa shape index (κ1) is 9.92. The van der Waals surface area contributed by atoms with Crippen molar-refractivity contribution in [2.45, 2.75) is 13.3 Å². The fourth-order valence-corrected chi connectivity index (χ4v) is 1.40. The Hall–Kier alpha value is -1.62. The van der Waals surface area contributed by atoms with E-state index in [-0.39, 0.29) is 5.97 Å². The minimum Gasteiger partial charge on any atom is -0.429 e. The van der Waals surface area contributed by atoms with Crippen molar-refractivity contribution in [3.05, 3.63) is 23.0 Å². The lowest BCUT2D eigenvalue weighted by Crippen LogP contribution is -2.05. The molecule has 1 aromatic carbocycles. The summed E-state index contributed by atoms with van der Waals surface area (Å²) in [7, 11) is 0. The van der Waals surface area contributed by atoms with Crippen LogP contribution < -0.4 is 4.74 Å². The predicted octanol–water partition coefficient (Wildman–Crippen LogP) is 2.81. The van der Waals surface area contributed by atoms with Gasteiger partial charge in [0, 0.05) is 12.5 Å². The van der Waals surface area contributed by atoms with Crippen LogP contribution in [0.25, 0.3) is 11.1 Å². The quantitative estimate of drug-likeness (QED) is 0.483. The molecule has 0 saturated carbocycles. The molecule has 0 spiro atoms. The molecule has 2 aromatic rings. The summed E-state index contributed by atoms with van der Waals surface area (Å²) in [6, 6.07) is 5.06. The number of nitrogens with one attached hydrogen (secondary N) is 1. The van der Waals surface area contributed by atoms with Crippen LogP contribution in [0.5, 0.6) is 5.75 Å². The summed E-state index contributed by atoms with van der Waals surface area (Å²) in [5, 5.41) is 0. The lowest BCUT2D eigenvalue weighted by atomic mass is 10.3. The van der Waals surface area contributed by atoms with E-state index in [9.17, 15) is 4.79 Å². The van der Waals surface area contributed by atoms with Gasteiger partial charge in [0.1, 0.15) is 5.75 Å². The molecule has 2 rings (SSSR count). The second-order valence-electron chi connectivity index (χ2n) is 3.00. The molecule has 1 N–H and O–H groups in total. The number of rotatable bonds is 2. The van der Waals surface area contributed by atoms with Gasteiger partial charge in [-0.25, -0.2) is 0 Å². The number of ether oxygens (including phenoxy) is 1. The molecule has 1 heterocycles. The molecule has 0 atom stereocenters. The van der Waals surface area contributed by atoms with Crippen LogP contribution in [0.1, 0.15) is 13.3 Å². The SMILES string of the molecule is CCC(=O)Oc1ccc2oc(=S)[nH]c2c1. The van der Waals surface area contributed by atoms with Crippen molar-refractivity contribution in [1.29, 1.82) is 0 Å². The van der Waals surface area contributed by atoms with Gasteiger partial charge in [-0.05, 0) is 24.4 Å². The molecule has 4 nitrogen and oxygen atoms in total. The Morgan fingerprint density at radius 3 is 3.13 bits per heavy atom. The first-order valence-electron chi connectivity index (χ1n) is 4.52. The summed E-state index contributed by atoms with van der Waals surface area (Å²) in [4.78, 5) is 14.2. The number of H-pyrrole nitrogens is 1. The van der Waals surface area contributed by atoms with Gasteiger partial charge >= 0.3 is 5.97 Å². The van der Waals surface area contributed by atoms with Gasteiger partial charge in [-0.3, -0.25) is 4.79 Å². The number of fused-ring (bicyclic) bond motifs is 1. The molecule has 0 fully saturated rings. The Bertz CT molecular complexity index is 555. The Morgan fingerprint density at radius 1 is 1.60 bits per heavy atom. The molecule has 0 aliphatic heterocycles. The number of aromatic amines is 1. The zero-order valence-corrected chi connectivity index (χ0v) is 8.89. The molecule has 78 valence electrons. The van der Waals surface area contributed by atoms with Crippen LogP contribution in [0.2, 0.25) is 0 Å². The first-order valence-corrected chi connectivity index (χ1v) is 4.93. The lowest BCUT2D eigenvalue weighted by molar-refractivity contribution is -0.134. The smallest absolute Gasteiger partial charge is 0.310 e. The monoisotopic (exact) mass is 223 g/mol. The summed E-state index contributed by atoms with van der Waals surface area (Å²) in [5.41, 5.74) is 1.37. The third-order valence-corrected chi connectivity index (χ3v) is 2.10. The number of esters is 1. The van der Waals surface area contributed by atoms with Crippen LogP contribution in [0.3, 0.4) is 0 Å². The summed E-state index contributed by atoms with van der Waals surface area (Å²) in [6.07, 6.45) is 0.347. The molecule has 0 saturated heterocycles. The van der Waals surface area contributed by atoms with E-state index in [2.05, 4.69) is 4.98 Å². The average molecular weight is 223 g/mol. The van der Waals surface area contributed by atoms with E-state index >= 15 is 0 Å². The molecular formula is C10H9NO3S. The summed E-state index contributed by atoms with van der Waals surface area (Å²) in [6.45, 7) is 1.74. The molecule has 5 heteroatoms. The fraction of sp³-hybridized carbons (Fsp3) is 0.200. The molecule has 15 heavy (non-hydrogen) atoms. The van der Waals surface area contributed by atoms with Gasteiger partial charge in [0.15, 0.2) is 5.58 Å². The van der Waals surface area contributed by atoms with Crippen molar-refractivity contribution < 1.29 is 13.9 Å². The topological polar surface area (TPSA) is 55.2 Å². The van der Waals surface area contributed by atoms with Crippen molar-refractivity contribution in [3.63, 3.8) is 0 Å². The molecule has 0 amide bonds. The summed E-state index contributed by atoms with van der Waals surface area (Å²) < 4.78 is 10.2. The standard InChI is InChI=1S/C10H9NO3S/c1-2-9(12)13-6-3-4-8-7(5-6)11-10(15)14-8/h3-5H,2H2,1H3,(H,11,15). The predicted molar refractivity (Wildman–Crippen MR) is 57.3 cm³/mol. The number of hydrogen-bond donors (Lipinski definition) is 1. The number of aromatic nitrogens is 1. The molecule has 0 aliphatic carbocycles. The minimum atomic E-state index is -0.267. The number of benzene rings is 1. The molecule has 0 aliphatic rings. The van der Waals surface area contributed by atoms with Gasteiger partial charge in [-0.1, -0.05) is 6.92 Å². The Kier molecular flexibility index (Phi) is 2.55. The Morgan fingerprint density at radius 2 is 2.40 bits per heavy atom. The maximum atomic E-state index is 11.0. The number of hydrogen-bond acceptors (Lipinski definition) is 4. The van der Waals surface area contributed by atoms with Gasteiger partial charge < -0.3 is 14.1 Å². The van der Waals surface area contributed by atoms with Gasteiger partial charge in [0.2, 0.25) is 0 Å². The largest absolute Gasteiger partial charge is 0.429 e. The van der Waals surface area contributed by atoms with E-state index in [1.165, 1.54) is 0 Å². The van der Waals surface area contributed by atoms with Crippen molar-refractivity contribution in [2.24, 2.45) is 0 Å². The Balaban J connectivity index is 2.38. The molecule has 0 radical (unpaired) electrons. The van der Waals surface area contributed by atoms with Crippen LogP contribution in [0.15, 0.2) is 22.6 Å². The van der Waals surface area contributed by atoms with Gasteiger partial charge in [0.25, 0.3) is 4.84 Å². The highest BCUT2D eigenvalue weighted by atomic mass is 32.1. The van der Waals surface area contributed by atoms with Crippen molar-refractivity contribution in [2.75, 3.05) is 0 Å². The zero-order chi connectivity index (χ0) is 10.8. The maximum Gasteiger partial charge on any atom is 0.310 e. The van der Waals surface area contributed by atoms with E-state index in [4.69, 9.17) is 21.4 Å². The van der Waals surface area contributed by atoms with E-state index in [0.29, 0.717) is 22.6 Å². The third-order valence-electron chi connectivity index (χ3n) is 1.91. The first-order chi connectivity index (χ1) is 7.19. The highest BCUT2D eigenvalue weighted by molar-refractivity contribution is 7.71. The molecule has 1 aromatic heterocycles. The highest BCUT2D eigenvalue weighted by Crippen LogP contribution is 2.20.